The van der Waals surface area contributed by atoms with Gasteiger partial charge in [0.2, 0.25) is 0 Å². The number of likely N-dealkylation sites (tertiary alicyclic amines) is 1. The number of benzene rings is 1. The number of rotatable bonds is 3. The van der Waals surface area contributed by atoms with Gasteiger partial charge in [0, 0.05) is 25.2 Å². The number of carbonyl (C=O) groups excluding carboxylic acids is 2. The molecule has 0 aromatic heterocycles. The van der Waals surface area contributed by atoms with Crippen molar-refractivity contribution in [2.24, 2.45) is 5.73 Å². The molecular formula is C14H19N3O3. The van der Waals surface area contributed by atoms with Crippen molar-refractivity contribution in [3.05, 3.63) is 35.4 Å². The van der Waals surface area contributed by atoms with E-state index in [0.29, 0.717) is 31.6 Å². The van der Waals surface area contributed by atoms with Crippen LogP contribution < -0.4 is 11.1 Å². The highest BCUT2D eigenvalue weighted by molar-refractivity contribution is 5.94. The summed E-state index contributed by atoms with van der Waals surface area (Å²) in [6.45, 7) is 2.99. The summed E-state index contributed by atoms with van der Waals surface area (Å²) in [6, 6.07) is 6.40. The molecule has 108 valence electrons. The second-order valence-electron chi connectivity index (χ2n) is 5.39. The SMILES string of the molecule is CC1(O)CCN(C(=O)c2ccc(CNC(N)=O)cc2)C1. The summed E-state index contributed by atoms with van der Waals surface area (Å²) in [5, 5.41) is 12.4. The number of nitrogens with one attached hydrogen (secondary N) is 1. The predicted molar refractivity (Wildman–Crippen MR) is 74.0 cm³/mol. The molecule has 0 aliphatic carbocycles. The van der Waals surface area contributed by atoms with Gasteiger partial charge in [-0.05, 0) is 31.0 Å². The van der Waals surface area contributed by atoms with E-state index in [1.54, 1.807) is 36.1 Å². The minimum Gasteiger partial charge on any atom is -0.388 e. The number of nitrogens with two attached hydrogens (primary N) is 1. The zero-order chi connectivity index (χ0) is 14.8. The fourth-order valence-electron chi connectivity index (χ4n) is 2.26. The van der Waals surface area contributed by atoms with Crippen LogP contribution in [-0.2, 0) is 6.54 Å². The van der Waals surface area contributed by atoms with Crippen molar-refractivity contribution in [2.75, 3.05) is 13.1 Å². The van der Waals surface area contributed by atoms with Crippen molar-refractivity contribution in [2.45, 2.75) is 25.5 Å². The van der Waals surface area contributed by atoms with Gasteiger partial charge in [-0.15, -0.1) is 0 Å². The van der Waals surface area contributed by atoms with Gasteiger partial charge in [-0.1, -0.05) is 12.1 Å². The number of urea groups is 1. The lowest BCUT2D eigenvalue weighted by Gasteiger charge is -2.19. The van der Waals surface area contributed by atoms with Gasteiger partial charge in [0.05, 0.1) is 5.60 Å². The highest BCUT2D eigenvalue weighted by atomic mass is 16.3. The van der Waals surface area contributed by atoms with E-state index in [1.807, 2.05) is 0 Å². The van der Waals surface area contributed by atoms with Gasteiger partial charge in [0.1, 0.15) is 0 Å². The Labute approximate surface area is 117 Å². The zero-order valence-electron chi connectivity index (χ0n) is 11.4. The highest BCUT2D eigenvalue weighted by Gasteiger charge is 2.34. The number of aliphatic hydroxyl groups is 1. The Kier molecular flexibility index (Phi) is 3.94. The first-order valence-electron chi connectivity index (χ1n) is 6.51. The highest BCUT2D eigenvalue weighted by Crippen LogP contribution is 2.22. The van der Waals surface area contributed by atoms with E-state index in [9.17, 15) is 14.7 Å². The van der Waals surface area contributed by atoms with Gasteiger partial charge in [-0.25, -0.2) is 4.79 Å². The van der Waals surface area contributed by atoms with Crippen molar-refractivity contribution in [3.8, 4) is 0 Å². The lowest BCUT2D eigenvalue weighted by molar-refractivity contribution is 0.0572. The topological polar surface area (TPSA) is 95.7 Å². The maximum atomic E-state index is 12.2. The molecule has 6 nitrogen and oxygen atoms in total. The maximum absolute atomic E-state index is 12.2. The average Bonchev–Trinajstić information content (AvgIpc) is 2.76. The first-order valence-corrected chi connectivity index (χ1v) is 6.51. The van der Waals surface area contributed by atoms with Crippen molar-refractivity contribution in [3.63, 3.8) is 0 Å². The van der Waals surface area contributed by atoms with Crippen LogP contribution in [0.4, 0.5) is 4.79 Å². The molecular weight excluding hydrogens is 258 g/mol. The van der Waals surface area contributed by atoms with Gasteiger partial charge in [0.15, 0.2) is 0 Å². The summed E-state index contributed by atoms with van der Waals surface area (Å²) in [5.74, 6) is -0.0859. The number of amides is 3. The number of hydrogen-bond acceptors (Lipinski definition) is 3. The Bertz CT molecular complexity index is 511. The van der Waals surface area contributed by atoms with Crippen LogP contribution in [0.1, 0.15) is 29.3 Å². The van der Waals surface area contributed by atoms with Crippen LogP contribution in [0.15, 0.2) is 24.3 Å². The molecule has 1 fully saturated rings. The van der Waals surface area contributed by atoms with Gasteiger partial charge in [-0.2, -0.15) is 0 Å². The fraction of sp³-hybridized carbons (Fsp3) is 0.429. The third-order valence-corrected chi connectivity index (χ3v) is 3.41. The third kappa shape index (κ3) is 3.48. The summed E-state index contributed by atoms with van der Waals surface area (Å²) in [7, 11) is 0. The molecule has 1 saturated heterocycles. The molecule has 2 rings (SSSR count). The number of hydrogen-bond donors (Lipinski definition) is 3. The van der Waals surface area contributed by atoms with E-state index in [-0.39, 0.29) is 5.91 Å². The van der Waals surface area contributed by atoms with E-state index in [2.05, 4.69) is 5.32 Å². The molecule has 1 aromatic rings. The van der Waals surface area contributed by atoms with Crippen LogP contribution in [0, 0.1) is 0 Å². The fourth-order valence-corrected chi connectivity index (χ4v) is 2.26. The quantitative estimate of drug-likeness (QED) is 0.748. The average molecular weight is 277 g/mol. The van der Waals surface area contributed by atoms with Crippen molar-refractivity contribution in [1.82, 2.24) is 10.2 Å². The molecule has 0 radical (unpaired) electrons. The summed E-state index contributed by atoms with van der Waals surface area (Å²) in [6.07, 6.45) is 0.597. The summed E-state index contributed by atoms with van der Waals surface area (Å²) in [4.78, 5) is 24.5. The molecule has 1 unspecified atom stereocenters. The molecule has 1 aliphatic heterocycles. The lowest BCUT2D eigenvalue weighted by Crippen LogP contribution is -2.33. The monoisotopic (exact) mass is 277 g/mol. The minimum atomic E-state index is -0.791. The molecule has 6 heteroatoms. The molecule has 4 N–H and O–H groups in total. The minimum absolute atomic E-state index is 0.0859. The molecule has 1 aromatic carbocycles. The van der Waals surface area contributed by atoms with Crippen molar-refractivity contribution < 1.29 is 14.7 Å². The second kappa shape index (κ2) is 5.50. The van der Waals surface area contributed by atoms with E-state index in [1.165, 1.54) is 0 Å². The molecule has 0 saturated carbocycles. The summed E-state index contributed by atoms with van der Waals surface area (Å²) >= 11 is 0. The van der Waals surface area contributed by atoms with E-state index in [0.717, 1.165) is 5.56 Å². The smallest absolute Gasteiger partial charge is 0.312 e. The van der Waals surface area contributed by atoms with Crippen LogP contribution in [0.3, 0.4) is 0 Å². The van der Waals surface area contributed by atoms with E-state index in [4.69, 9.17) is 5.73 Å². The lowest BCUT2D eigenvalue weighted by atomic mass is 10.1. The maximum Gasteiger partial charge on any atom is 0.312 e. The van der Waals surface area contributed by atoms with Crippen molar-refractivity contribution >= 4 is 11.9 Å². The van der Waals surface area contributed by atoms with Crippen LogP contribution in [0.5, 0.6) is 0 Å². The standard InChI is InChI=1S/C14H19N3O3/c1-14(20)6-7-17(9-14)12(18)11-4-2-10(3-5-11)8-16-13(15)19/h2-5,20H,6-9H2,1H3,(H3,15,16,19). The van der Waals surface area contributed by atoms with Crippen LogP contribution in [0.2, 0.25) is 0 Å². The number of nitrogens with zero attached hydrogens (tertiary/aromatic N) is 1. The normalized spacial score (nSPS) is 21.8. The second-order valence-corrected chi connectivity index (χ2v) is 5.39. The van der Waals surface area contributed by atoms with E-state index >= 15 is 0 Å². The van der Waals surface area contributed by atoms with E-state index < -0.39 is 11.6 Å². The number of carbonyl (C=O) groups is 2. The third-order valence-electron chi connectivity index (χ3n) is 3.41. The van der Waals surface area contributed by atoms with Gasteiger partial charge in [-0.3, -0.25) is 4.79 Å². The number of primary amides is 1. The molecule has 1 aliphatic rings. The number of β-amino-alcohol motifs (C(OH)–C–C–N with tert-alkyl or cyclic N) is 1. The van der Waals surface area contributed by atoms with Crippen molar-refractivity contribution in [1.29, 1.82) is 0 Å². The molecule has 0 bridgehead atoms. The molecule has 20 heavy (non-hydrogen) atoms. The Morgan fingerprint density at radius 1 is 1.40 bits per heavy atom. The Hall–Kier alpha value is -2.08. The van der Waals surface area contributed by atoms with Gasteiger partial charge < -0.3 is 21.1 Å². The molecule has 3 amide bonds. The first kappa shape index (κ1) is 14.3. The van der Waals surface area contributed by atoms with Gasteiger partial charge in [0.25, 0.3) is 5.91 Å². The zero-order valence-corrected chi connectivity index (χ0v) is 11.4. The van der Waals surface area contributed by atoms with Crippen LogP contribution >= 0.6 is 0 Å². The Morgan fingerprint density at radius 2 is 2.05 bits per heavy atom. The summed E-state index contributed by atoms with van der Waals surface area (Å²) < 4.78 is 0. The Morgan fingerprint density at radius 3 is 2.55 bits per heavy atom. The predicted octanol–water partition coefficient (Wildman–Crippen LogP) is 0.452. The molecule has 1 atom stereocenters. The van der Waals surface area contributed by atoms with Crippen LogP contribution in [-0.4, -0.2) is 40.6 Å². The Balaban J connectivity index is 1.99. The molecule has 0 spiro atoms. The van der Waals surface area contributed by atoms with Gasteiger partial charge >= 0.3 is 6.03 Å². The summed E-state index contributed by atoms with van der Waals surface area (Å²) in [5.41, 5.74) is 5.65. The largest absolute Gasteiger partial charge is 0.388 e. The molecule has 1 heterocycles. The first-order chi connectivity index (χ1) is 9.37. The van der Waals surface area contributed by atoms with Crippen LogP contribution in [0.25, 0.3) is 0 Å².